The fourth-order valence-electron chi connectivity index (χ4n) is 1.46. The standard InChI is InChI=1S/C11H18N4O4/c1-7(2)8(10(16)17)5-13-11(18)12-4-3-9-14-6-15-19-9/h6-8H,3-5H2,1-2H3,(H,16,17)(H2,12,13,18). The van der Waals surface area contributed by atoms with Gasteiger partial charge in [-0.3, -0.25) is 4.79 Å². The molecule has 0 fully saturated rings. The van der Waals surface area contributed by atoms with Crippen LogP contribution in [0.25, 0.3) is 0 Å². The van der Waals surface area contributed by atoms with Gasteiger partial charge in [-0.15, -0.1) is 0 Å². The molecule has 2 amide bonds. The van der Waals surface area contributed by atoms with E-state index in [1.165, 1.54) is 6.33 Å². The number of hydrogen-bond donors (Lipinski definition) is 3. The highest BCUT2D eigenvalue weighted by atomic mass is 16.5. The molecule has 19 heavy (non-hydrogen) atoms. The lowest BCUT2D eigenvalue weighted by Gasteiger charge is -2.16. The lowest BCUT2D eigenvalue weighted by Crippen LogP contribution is -2.41. The fourth-order valence-corrected chi connectivity index (χ4v) is 1.46. The number of carboxylic acids is 1. The van der Waals surface area contributed by atoms with E-state index in [9.17, 15) is 9.59 Å². The van der Waals surface area contributed by atoms with Crippen molar-refractivity contribution in [3.8, 4) is 0 Å². The maximum absolute atomic E-state index is 11.4. The molecule has 106 valence electrons. The van der Waals surface area contributed by atoms with E-state index in [-0.39, 0.29) is 12.5 Å². The Kier molecular flexibility index (Phi) is 5.77. The summed E-state index contributed by atoms with van der Waals surface area (Å²) in [5.41, 5.74) is 0. The van der Waals surface area contributed by atoms with E-state index in [1.807, 2.05) is 0 Å². The normalized spacial score (nSPS) is 12.2. The molecular weight excluding hydrogens is 252 g/mol. The van der Waals surface area contributed by atoms with Crippen molar-refractivity contribution in [2.24, 2.45) is 11.8 Å². The highest BCUT2D eigenvalue weighted by Gasteiger charge is 2.21. The smallest absolute Gasteiger partial charge is 0.314 e. The van der Waals surface area contributed by atoms with E-state index in [4.69, 9.17) is 9.63 Å². The third-order valence-corrected chi connectivity index (χ3v) is 2.64. The van der Waals surface area contributed by atoms with Gasteiger partial charge in [0.1, 0.15) is 0 Å². The highest BCUT2D eigenvalue weighted by Crippen LogP contribution is 2.09. The Labute approximate surface area is 110 Å². The molecule has 8 nitrogen and oxygen atoms in total. The summed E-state index contributed by atoms with van der Waals surface area (Å²) in [7, 11) is 0. The number of carbonyl (C=O) groups is 2. The van der Waals surface area contributed by atoms with Gasteiger partial charge in [-0.2, -0.15) is 4.98 Å². The second-order valence-electron chi connectivity index (χ2n) is 4.41. The average molecular weight is 270 g/mol. The molecule has 0 saturated carbocycles. The summed E-state index contributed by atoms with van der Waals surface area (Å²) in [4.78, 5) is 26.2. The molecule has 1 heterocycles. The van der Waals surface area contributed by atoms with Crippen molar-refractivity contribution in [1.82, 2.24) is 20.8 Å². The maximum atomic E-state index is 11.4. The van der Waals surface area contributed by atoms with Gasteiger partial charge in [-0.05, 0) is 5.92 Å². The van der Waals surface area contributed by atoms with Crippen LogP contribution < -0.4 is 10.6 Å². The Morgan fingerprint density at radius 1 is 1.42 bits per heavy atom. The first-order valence-electron chi connectivity index (χ1n) is 6.00. The molecule has 3 N–H and O–H groups in total. The monoisotopic (exact) mass is 270 g/mol. The van der Waals surface area contributed by atoms with Gasteiger partial charge in [0.05, 0.1) is 5.92 Å². The number of aromatic nitrogens is 2. The molecule has 1 unspecified atom stereocenters. The van der Waals surface area contributed by atoms with Crippen LogP contribution in [0.3, 0.4) is 0 Å². The Morgan fingerprint density at radius 3 is 2.68 bits per heavy atom. The minimum absolute atomic E-state index is 0.0452. The molecule has 1 rings (SSSR count). The number of hydrogen-bond acceptors (Lipinski definition) is 5. The summed E-state index contributed by atoms with van der Waals surface area (Å²) >= 11 is 0. The van der Waals surface area contributed by atoms with Crippen LogP contribution in [0.2, 0.25) is 0 Å². The van der Waals surface area contributed by atoms with Crippen molar-refractivity contribution in [2.45, 2.75) is 20.3 Å². The minimum Gasteiger partial charge on any atom is -0.481 e. The van der Waals surface area contributed by atoms with Crippen molar-refractivity contribution in [2.75, 3.05) is 13.1 Å². The molecule has 0 aliphatic rings. The van der Waals surface area contributed by atoms with Crippen LogP contribution in [0.5, 0.6) is 0 Å². The summed E-state index contributed by atoms with van der Waals surface area (Å²) in [5.74, 6) is -1.12. The van der Waals surface area contributed by atoms with Crippen molar-refractivity contribution in [3.63, 3.8) is 0 Å². The lowest BCUT2D eigenvalue weighted by molar-refractivity contribution is -0.142. The van der Waals surface area contributed by atoms with Gasteiger partial charge >= 0.3 is 12.0 Å². The van der Waals surface area contributed by atoms with Gasteiger partial charge in [-0.25, -0.2) is 4.79 Å². The van der Waals surface area contributed by atoms with Crippen molar-refractivity contribution < 1.29 is 19.2 Å². The molecule has 0 aliphatic heterocycles. The molecular formula is C11H18N4O4. The van der Waals surface area contributed by atoms with Crippen LogP contribution in [-0.4, -0.2) is 40.3 Å². The second kappa shape index (κ2) is 7.34. The zero-order valence-electron chi connectivity index (χ0n) is 10.9. The molecule has 1 aromatic heterocycles. The van der Waals surface area contributed by atoms with Gasteiger partial charge in [-0.1, -0.05) is 19.0 Å². The molecule has 8 heteroatoms. The van der Waals surface area contributed by atoms with Crippen LogP contribution in [-0.2, 0) is 11.2 Å². The summed E-state index contributed by atoms with van der Waals surface area (Å²) < 4.78 is 4.77. The Balaban J connectivity index is 2.22. The summed E-state index contributed by atoms with van der Waals surface area (Å²) in [5, 5.41) is 17.5. The number of nitrogens with zero attached hydrogens (tertiary/aromatic N) is 2. The largest absolute Gasteiger partial charge is 0.481 e. The van der Waals surface area contributed by atoms with Crippen LogP contribution in [0.15, 0.2) is 10.9 Å². The molecule has 0 aliphatic carbocycles. The number of amides is 2. The zero-order valence-corrected chi connectivity index (χ0v) is 10.9. The van der Waals surface area contributed by atoms with Crippen LogP contribution in [0, 0.1) is 11.8 Å². The molecule has 0 aromatic carbocycles. The van der Waals surface area contributed by atoms with Crippen LogP contribution >= 0.6 is 0 Å². The summed E-state index contributed by atoms with van der Waals surface area (Å²) in [6.07, 6.45) is 1.72. The molecule has 0 bridgehead atoms. The second-order valence-corrected chi connectivity index (χ2v) is 4.41. The fraction of sp³-hybridized carbons (Fsp3) is 0.636. The first-order valence-corrected chi connectivity index (χ1v) is 6.00. The molecule has 1 atom stereocenters. The molecule has 0 saturated heterocycles. The van der Waals surface area contributed by atoms with E-state index in [1.54, 1.807) is 13.8 Å². The first-order chi connectivity index (χ1) is 9.00. The van der Waals surface area contributed by atoms with Gasteiger partial charge in [0, 0.05) is 19.5 Å². The molecule has 1 aromatic rings. The van der Waals surface area contributed by atoms with Gasteiger partial charge in [0.25, 0.3) is 0 Å². The Hall–Kier alpha value is -2.12. The third kappa shape index (κ3) is 5.36. The minimum atomic E-state index is -0.916. The van der Waals surface area contributed by atoms with Gasteiger partial charge < -0.3 is 20.3 Å². The number of nitrogens with one attached hydrogen (secondary N) is 2. The van der Waals surface area contributed by atoms with E-state index < -0.39 is 17.9 Å². The van der Waals surface area contributed by atoms with E-state index in [2.05, 4.69) is 20.8 Å². The molecule has 0 radical (unpaired) electrons. The maximum Gasteiger partial charge on any atom is 0.314 e. The van der Waals surface area contributed by atoms with Crippen LogP contribution in [0.1, 0.15) is 19.7 Å². The number of aliphatic carboxylic acids is 1. The Morgan fingerprint density at radius 2 is 2.16 bits per heavy atom. The topological polar surface area (TPSA) is 117 Å². The number of urea groups is 1. The summed E-state index contributed by atoms with van der Waals surface area (Å²) in [6.45, 7) is 4.04. The predicted molar refractivity (Wildman–Crippen MR) is 65.4 cm³/mol. The zero-order chi connectivity index (χ0) is 14.3. The van der Waals surface area contributed by atoms with E-state index in [0.717, 1.165) is 0 Å². The third-order valence-electron chi connectivity index (χ3n) is 2.64. The average Bonchev–Trinajstić information content (AvgIpc) is 2.81. The number of carboxylic acid groups (broad SMARTS) is 1. The van der Waals surface area contributed by atoms with Crippen molar-refractivity contribution >= 4 is 12.0 Å². The van der Waals surface area contributed by atoms with Crippen molar-refractivity contribution in [1.29, 1.82) is 0 Å². The van der Waals surface area contributed by atoms with Crippen molar-refractivity contribution in [3.05, 3.63) is 12.2 Å². The van der Waals surface area contributed by atoms with E-state index >= 15 is 0 Å². The van der Waals surface area contributed by atoms with E-state index in [0.29, 0.717) is 18.9 Å². The lowest BCUT2D eigenvalue weighted by atomic mass is 9.96. The predicted octanol–water partition coefficient (Wildman–Crippen LogP) is 0.268. The summed E-state index contributed by atoms with van der Waals surface area (Å²) in [6, 6.07) is -0.411. The molecule has 0 spiro atoms. The van der Waals surface area contributed by atoms with Gasteiger partial charge in [0.2, 0.25) is 5.89 Å². The SMILES string of the molecule is CC(C)C(CNC(=O)NCCc1ncno1)C(=O)O. The number of rotatable bonds is 7. The first kappa shape index (κ1) is 14.9. The highest BCUT2D eigenvalue weighted by molar-refractivity contribution is 5.75. The van der Waals surface area contributed by atoms with Gasteiger partial charge in [0.15, 0.2) is 6.33 Å². The number of carbonyl (C=O) groups excluding carboxylic acids is 1. The van der Waals surface area contributed by atoms with Crippen LogP contribution in [0.4, 0.5) is 4.79 Å². The Bertz CT molecular complexity index is 405. The quantitative estimate of drug-likeness (QED) is 0.654.